The molecule has 0 bridgehead atoms. The van der Waals surface area contributed by atoms with Crippen LogP contribution in [0.3, 0.4) is 0 Å². The van der Waals surface area contributed by atoms with E-state index in [-0.39, 0.29) is 0 Å². The van der Waals surface area contributed by atoms with Gasteiger partial charge in [-0.25, -0.2) is 0 Å². The van der Waals surface area contributed by atoms with Crippen LogP contribution in [0.15, 0.2) is 18.2 Å². The summed E-state index contributed by atoms with van der Waals surface area (Å²) < 4.78 is 10.3. The van der Waals surface area contributed by atoms with E-state index in [4.69, 9.17) is 15.2 Å². The molecule has 0 atom stereocenters. The second-order valence-electron chi connectivity index (χ2n) is 3.08. The van der Waals surface area contributed by atoms with E-state index in [2.05, 4.69) is 0 Å². The molecule has 0 aliphatic heterocycles. The fraction of sp³-hybridized carbons (Fsp3) is 0.455. The highest BCUT2D eigenvalue weighted by atomic mass is 16.5. The Balaban J connectivity index is 2.79. The standard InChI is InChI=1S/C11H17NO2/c1-13-10-6-5-9(4-3-7-12)8-11(10)14-2/h5-6,8H,3-4,7,12H2,1-2H3. The van der Waals surface area contributed by atoms with E-state index in [0.29, 0.717) is 6.54 Å². The third-order valence-corrected chi connectivity index (χ3v) is 2.12. The van der Waals surface area contributed by atoms with Crippen LogP contribution in [-0.4, -0.2) is 20.8 Å². The fourth-order valence-electron chi connectivity index (χ4n) is 1.34. The van der Waals surface area contributed by atoms with E-state index in [1.54, 1.807) is 14.2 Å². The van der Waals surface area contributed by atoms with Crippen molar-refractivity contribution in [2.45, 2.75) is 12.8 Å². The number of methoxy groups -OCH3 is 2. The highest BCUT2D eigenvalue weighted by Gasteiger charge is 2.03. The smallest absolute Gasteiger partial charge is 0.160 e. The summed E-state index contributed by atoms with van der Waals surface area (Å²) in [5.74, 6) is 1.55. The zero-order valence-corrected chi connectivity index (χ0v) is 8.75. The third kappa shape index (κ3) is 2.64. The average molecular weight is 195 g/mol. The number of nitrogens with two attached hydrogens (primary N) is 1. The van der Waals surface area contributed by atoms with Gasteiger partial charge < -0.3 is 15.2 Å². The van der Waals surface area contributed by atoms with E-state index in [1.807, 2.05) is 18.2 Å². The first-order valence-electron chi connectivity index (χ1n) is 4.72. The van der Waals surface area contributed by atoms with Gasteiger partial charge in [-0.1, -0.05) is 6.07 Å². The molecule has 0 saturated heterocycles. The van der Waals surface area contributed by atoms with E-state index >= 15 is 0 Å². The van der Waals surface area contributed by atoms with Gasteiger partial charge in [-0.05, 0) is 37.1 Å². The maximum Gasteiger partial charge on any atom is 0.160 e. The molecule has 0 saturated carbocycles. The fourth-order valence-corrected chi connectivity index (χ4v) is 1.34. The zero-order chi connectivity index (χ0) is 10.4. The molecule has 0 amide bonds. The van der Waals surface area contributed by atoms with E-state index < -0.39 is 0 Å². The average Bonchev–Trinajstić information content (AvgIpc) is 2.25. The summed E-state index contributed by atoms with van der Waals surface area (Å²) >= 11 is 0. The predicted molar refractivity (Wildman–Crippen MR) is 56.9 cm³/mol. The summed E-state index contributed by atoms with van der Waals surface area (Å²) in [6.07, 6.45) is 1.98. The number of aryl methyl sites for hydroxylation is 1. The Labute approximate surface area is 84.8 Å². The lowest BCUT2D eigenvalue weighted by Crippen LogP contribution is -2.00. The molecule has 2 N–H and O–H groups in total. The first kappa shape index (κ1) is 10.9. The van der Waals surface area contributed by atoms with Crippen molar-refractivity contribution in [2.24, 2.45) is 5.73 Å². The van der Waals surface area contributed by atoms with E-state index in [1.165, 1.54) is 5.56 Å². The van der Waals surface area contributed by atoms with Crippen molar-refractivity contribution in [3.8, 4) is 11.5 Å². The molecule has 0 heterocycles. The van der Waals surface area contributed by atoms with Crippen LogP contribution in [0.4, 0.5) is 0 Å². The van der Waals surface area contributed by atoms with Gasteiger partial charge in [0.25, 0.3) is 0 Å². The molecule has 1 rings (SSSR count). The number of ether oxygens (including phenoxy) is 2. The monoisotopic (exact) mass is 195 g/mol. The van der Waals surface area contributed by atoms with Crippen LogP contribution in [0.25, 0.3) is 0 Å². The Morgan fingerprint density at radius 1 is 1.14 bits per heavy atom. The van der Waals surface area contributed by atoms with Crippen molar-refractivity contribution >= 4 is 0 Å². The minimum absolute atomic E-state index is 0.717. The van der Waals surface area contributed by atoms with Crippen LogP contribution in [0.5, 0.6) is 11.5 Å². The van der Waals surface area contributed by atoms with Gasteiger partial charge in [0.15, 0.2) is 11.5 Å². The van der Waals surface area contributed by atoms with Gasteiger partial charge in [-0.15, -0.1) is 0 Å². The Bertz CT molecular complexity index is 287. The van der Waals surface area contributed by atoms with Crippen molar-refractivity contribution in [1.29, 1.82) is 0 Å². The Kier molecular flexibility index (Phi) is 4.26. The highest BCUT2D eigenvalue weighted by molar-refractivity contribution is 5.42. The minimum atomic E-state index is 0.717. The van der Waals surface area contributed by atoms with Crippen molar-refractivity contribution < 1.29 is 9.47 Å². The summed E-state index contributed by atoms with van der Waals surface area (Å²) in [6.45, 7) is 0.717. The van der Waals surface area contributed by atoms with Gasteiger partial charge in [-0.2, -0.15) is 0 Å². The number of hydrogen-bond acceptors (Lipinski definition) is 3. The molecule has 0 spiro atoms. The molecule has 0 aliphatic rings. The van der Waals surface area contributed by atoms with Gasteiger partial charge in [0, 0.05) is 0 Å². The summed E-state index contributed by atoms with van der Waals surface area (Å²) in [4.78, 5) is 0. The quantitative estimate of drug-likeness (QED) is 0.776. The molecule has 3 heteroatoms. The summed E-state index contributed by atoms with van der Waals surface area (Å²) in [5, 5.41) is 0. The van der Waals surface area contributed by atoms with E-state index in [0.717, 1.165) is 24.3 Å². The molecule has 0 radical (unpaired) electrons. The summed E-state index contributed by atoms with van der Waals surface area (Å²) in [6, 6.07) is 5.95. The largest absolute Gasteiger partial charge is 0.493 e. The number of benzene rings is 1. The van der Waals surface area contributed by atoms with Gasteiger partial charge in [-0.3, -0.25) is 0 Å². The SMILES string of the molecule is COc1ccc(CCCN)cc1OC. The minimum Gasteiger partial charge on any atom is -0.493 e. The van der Waals surface area contributed by atoms with Crippen LogP contribution in [0, 0.1) is 0 Å². The molecule has 78 valence electrons. The third-order valence-electron chi connectivity index (χ3n) is 2.12. The normalized spacial score (nSPS) is 9.93. The number of rotatable bonds is 5. The van der Waals surface area contributed by atoms with Gasteiger partial charge >= 0.3 is 0 Å². The predicted octanol–water partition coefficient (Wildman–Crippen LogP) is 1.60. The van der Waals surface area contributed by atoms with E-state index in [9.17, 15) is 0 Å². The lowest BCUT2D eigenvalue weighted by Gasteiger charge is -2.09. The number of hydrogen-bond donors (Lipinski definition) is 1. The molecule has 14 heavy (non-hydrogen) atoms. The molecular weight excluding hydrogens is 178 g/mol. The van der Waals surface area contributed by atoms with Gasteiger partial charge in [0.2, 0.25) is 0 Å². The van der Waals surface area contributed by atoms with Crippen LogP contribution in [0.2, 0.25) is 0 Å². The summed E-state index contributed by atoms with van der Waals surface area (Å²) in [7, 11) is 3.28. The van der Waals surface area contributed by atoms with Gasteiger partial charge in [0.05, 0.1) is 14.2 Å². The second-order valence-corrected chi connectivity index (χ2v) is 3.08. The van der Waals surface area contributed by atoms with Crippen molar-refractivity contribution in [1.82, 2.24) is 0 Å². The second kappa shape index (κ2) is 5.50. The molecule has 3 nitrogen and oxygen atoms in total. The van der Waals surface area contributed by atoms with Crippen LogP contribution in [0.1, 0.15) is 12.0 Å². The molecule has 0 aliphatic carbocycles. The topological polar surface area (TPSA) is 44.5 Å². The van der Waals surface area contributed by atoms with Crippen molar-refractivity contribution in [2.75, 3.05) is 20.8 Å². The van der Waals surface area contributed by atoms with Crippen LogP contribution in [-0.2, 0) is 6.42 Å². The first-order valence-corrected chi connectivity index (χ1v) is 4.72. The highest BCUT2D eigenvalue weighted by Crippen LogP contribution is 2.27. The maximum absolute atomic E-state index is 5.45. The van der Waals surface area contributed by atoms with Gasteiger partial charge in [0.1, 0.15) is 0 Å². The maximum atomic E-state index is 5.45. The molecular formula is C11H17NO2. The van der Waals surface area contributed by atoms with Crippen LogP contribution >= 0.6 is 0 Å². The van der Waals surface area contributed by atoms with Crippen molar-refractivity contribution in [3.63, 3.8) is 0 Å². The molecule has 1 aromatic rings. The zero-order valence-electron chi connectivity index (χ0n) is 8.75. The first-order chi connectivity index (χ1) is 6.81. The lowest BCUT2D eigenvalue weighted by atomic mass is 10.1. The molecule has 0 unspecified atom stereocenters. The van der Waals surface area contributed by atoms with Crippen LogP contribution < -0.4 is 15.2 Å². The molecule has 0 fully saturated rings. The Morgan fingerprint density at radius 3 is 2.43 bits per heavy atom. The molecule has 0 aromatic heterocycles. The molecule has 1 aromatic carbocycles. The Hall–Kier alpha value is -1.22. The lowest BCUT2D eigenvalue weighted by molar-refractivity contribution is 0.354. The van der Waals surface area contributed by atoms with Crippen molar-refractivity contribution in [3.05, 3.63) is 23.8 Å². The Morgan fingerprint density at radius 2 is 1.86 bits per heavy atom. The summed E-state index contributed by atoms with van der Waals surface area (Å²) in [5.41, 5.74) is 6.68.